The highest BCUT2D eigenvalue weighted by molar-refractivity contribution is 5.91. The average Bonchev–Trinajstić information content (AvgIpc) is 2.87. The van der Waals surface area contributed by atoms with Crippen molar-refractivity contribution in [2.45, 2.75) is 71.3 Å². The summed E-state index contributed by atoms with van der Waals surface area (Å²) in [6, 6.07) is 0. The van der Waals surface area contributed by atoms with E-state index >= 15 is 0 Å². The maximum atomic E-state index is 12.0. The van der Waals surface area contributed by atoms with Crippen LogP contribution in [0.3, 0.4) is 0 Å². The summed E-state index contributed by atoms with van der Waals surface area (Å²) in [5, 5.41) is 18.4. The van der Waals surface area contributed by atoms with E-state index < -0.39 is 23.0 Å². The molecular formula is C19H32O6. The summed E-state index contributed by atoms with van der Waals surface area (Å²) in [6.45, 7) is 4.95. The number of esters is 2. The van der Waals surface area contributed by atoms with Crippen molar-refractivity contribution in [2.75, 3.05) is 19.8 Å². The van der Waals surface area contributed by atoms with E-state index in [2.05, 4.69) is 0 Å². The first-order chi connectivity index (χ1) is 11.7. The number of rotatable bonds is 10. The molecule has 0 bridgehead atoms. The second-order valence-corrected chi connectivity index (χ2v) is 7.74. The summed E-state index contributed by atoms with van der Waals surface area (Å²) in [5.74, 6) is -0.835. The molecule has 0 saturated carbocycles. The monoisotopic (exact) mass is 356 g/mol. The lowest BCUT2D eigenvalue weighted by molar-refractivity contribution is -0.171. The second kappa shape index (κ2) is 9.92. The van der Waals surface area contributed by atoms with Gasteiger partial charge in [0.25, 0.3) is 0 Å². The topological polar surface area (TPSA) is 93.1 Å². The maximum absolute atomic E-state index is 12.0. The summed E-state index contributed by atoms with van der Waals surface area (Å²) >= 11 is 0. The quantitative estimate of drug-likeness (QED) is 0.355. The molecule has 0 aromatic heterocycles. The van der Waals surface area contributed by atoms with Gasteiger partial charge in [0, 0.05) is 18.6 Å². The van der Waals surface area contributed by atoms with Crippen molar-refractivity contribution in [3.63, 3.8) is 0 Å². The van der Waals surface area contributed by atoms with Crippen LogP contribution in [0.2, 0.25) is 0 Å². The van der Waals surface area contributed by atoms with Crippen LogP contribution in [-0.4, -0.2) is 47.6 Å². The zero-order valence-electron chi connectivity index (χ0n) is 15.7. The molecule has 6 nitrogen and oxygen atoms in total. The predicted octanol–water partition coefficient (Wildman–Crippen LogP) is 2.51. The number of hydrogen-bond acceptors (Lipinski definition) is 6. The standard InChI is InChI=1S/C19H32O6/c1-18(2,3)17(23)24-14-19(13-21)12-15(16(22)25-19)10-8-6-4-5-7-9-11-20/h10,20-21H,4-9,11-14H2,1-3H3/b15-10+. The van der Waals surface area contributed by atoms with Crippen molar-refractivity contribution < 1.29 is 29.3 Å². The number of ether oxygens (including phenoxy) is 2. The number of aliphatic hydroxyl groups excluding tert-OH is 2. The molecule has 6 heteroatoms. The molecule has 1 atom stereocenters. The smallest absolute Gasteiger partial charge is 0.334 e. The van der Waals surface area contributed by atoms with Crippen molar-refractivity contribution in [3.8, 4) is 0 Å². The molecule has 0 aliphatic carbocycles. The van der Waals surface area contributed by atoms with Gasteiger partial charge in [-0.3, -0.25) is 4.79 Å². The minimum absolute atomic E-state index is 0.135. The fourth-order valence-corrected chi connectivity index (χ4v) is 2.56. The van der Waals surface area contributed by atoms with Crippen LogP contribution >= 0.6 is 0 Å². The van der Waals surface area contributed by atoms with E-state index in [-0.39, 0.29) is 26.2 Å². The highest BCUT2D eigenvalue weighted by Gasteiger charge is 2.45. The Morgan fingerprint density at radius 1 is 1.20 bits per heavy atom. The maximum Gasteiger partial charge on any atom is 0.334 e. The van der Waals surface area contributed by atoms with Gasteiger partial charge in [0.2, 0.25) is 0 Å². The van der Waals surface area contributed by atoms with Gasteiger partial charge in [-0.05, 0) is 40.0 Å². The molecule has 2 N–H and O–H groups in total. The van der Waals surface area contributed by atoms with E-state index in [1.807, 2.05) is 6.08 Å². The van der Waals surface area contributed by atoms with Crippen LogP contribution < -0.4 is 0 Å². The number of cyclic esters (lactones) is 1. The van der Waals surface area contributed by atoms with Crippen molar-refractivity contribution in [1.29, 1.82) is 0 Å². The lowest BCUT2D eigenvalue weighted by Gasteiger charge is -2.26. The third-order valence-corrected chi connectivity index (χ3v) is 4.20. The first kappa shape index (κ1) is 21.6. The van der Waals surface area contributed by atoms with Gasteiger partial charge in [0.1, 0.15) is 6.61 Å². The molecule has 1 fully saturated rings. The molecule has 25 heavy (non-hydrogen) atoms. The molecule has 0 aromatic rings. The fraction of sp³-hybridized carbons (Fsp3) is 0.789. The van der Waals surface area contributed by atoms with Crippen LogP contribution in [0.25, 0.3) is 0 Å². The summed E-state index contributed by atoms with van der Waals surface area (Å²) in [7, 11) is 0. The van der Waals surface area contributed by atoms with Gasteiger partial charge in [-0.25, -0.2) is 4.79 Å². The van der Waals surface area contributed by atoms with Gasteiger partial charge in [-0.15, -0.1) is 0 Å². The molecule has 0 spiro atoms. The van der Waals surface area contributed by atoms with Gasteiger partial charge in [0.05, 0.1) is 12.0 Å². The summed E-state index contributed by atoms with van der Waals surface area (Å²) in [5.41, 5.74) is -1.27. The van der Waals surface area contributed by atoms with E-state index in [4.69, 9.17) is 14.6 Å². The Morgan fingerprint density at radius 2 is 1.84 bits per heavy atom. The first-order valence-corrected chi connectivity index (χ1v) is 9.05. The van der Waals surface area contributed by atoms with E-state index in [0.717, 1.165) is 38.5 Å². The van der Waals surface area contributed by atoms with E-state index in [9.17, 15) is 14.7 Å². The minimum atomic E-state index is -1.16. The number of aliphatic hydroxyl groups is 2. The number of carbonyl (C=O) groups is 2. The van der Waals surface area contributed by atoms with Crippen LogP contribution in [0.5, 0.6) is 0 Å². The molecule has 1 unspecified atom stereocenters. The largest absolute Gasteiger partial charge is 0.461 e. The van der Waals surface area contributed by atoms with Gasteiger partial charge >= 0.3 is 11.9 Å². The van der Waals surface area contributed by atoms with Crippen LogP contribution in [0.1, 0.15) is 65.7 Å². The van der Waals surface area contributed by atoms with Crippen LogP contribution in [0.15, 0.2) is 11.6 Å². The molecule has 1 aliphatic heterocycles. The molecule has 0 amide bonds. The zero-order valence-corrected chi connectivity index (χ0v) is 15.7. The van der Waals surface area contributed by atoms with Crippen LogP contribution in [0.4, 0.5) is 0 Å². The third kappa shape index (κ3) is 7.16. The van der Waals surface area contributed by atoms with Crippen molar-refractivity contribution >= 4 is 11.9 Å². The predicted molar refractivity (Wildman–Crippen MR) is 93.8 cm³/mol. The highest BCUT2D eigenvalue weighted by atomic mass is 16.6. The SMILES string of the molecule is CC(C)(C)C(=O)OCC1(CO)C/C(=C\CCCCCCCO)C(=O)O1. The molecule has 0 aromatic carbocycles. The number of hydrogen-bond donors (Lipinski definition) is 2. The molecule has 1 heterocycles. The molecule has 1 saturated heterocycles. The van der Waals surface area contributed by atoms with E-state index in [0.29, 0.717) is 5.57 Å². The lowest BCUT2D eigenvalue weighted by Crippen LogP contribution is -2.40. The lowest BCUT2D eigenvalue weighted by atomic mass is 9.96. The molecule has 1 aliphatic rings. The Kier molecular flexibility index (Phi) is 8.59. The summed E-state index contributed by atoms with van der Waals surface area (Å²) in [4.78, 5) is 23.9. The third-order valence-electron chi connectivity index (χ3n) is 4.20. The number of unbranched alkanes of at least 4 members (excludes halogenated alkanes) is 5. The first-order valence-electron chi connectivity index (χ1n) is 9.05. The molecule has 144 valence electrons. The van der Waals surface area contributed by atoms with Crippen LogP contribution in [0, 0.1) is 5.41 Å². The molecule has 1 rings (SSSR count). The van der Waals surface area contributed by atoms with Crippen molar-refractivity contribution in [3.05, 3.63) is 11.6 Å². The highest BCUT2D eigenvalue weighted by Crippen LogP contribution is 2.32. The second-order valence-electron chi connectivity index (χ2n) is 7.74. The Hall–Kier alpha value is -1.40. The number of carbonyl (C=O) groups excluding carboxylic acids is 2. The summed E-state index contributed by atoms with van der Waals surface area (Å²) < 4.78 is 10.6. The molecule has 0 radical (unpaired) electrons. The van der Waals surface area contributed by atoms with Crippen molar-refractivity contribution in [2.24, 2.45) is 5.41 Å². The average molecular weight is 356 g/mol. The normalized spacial score (nSPS) is 22.3. The minimum Gasteiger partial charge on any atom is -0.461 e. The van der Waals surface area contributed by atoms with Gasteiger partial charge in [-0.2, -0.15) is 0 Å². The Balaban J connectivity index is 2.48. The van der Waals surface area contributed by atoms with E-state index in [1.165, 1.54) is 0 Å². The fourth-order valence-electron chi connectivity index (χ4n) is 2.56. The van der Waals surface area contributed by atoms with Crippen LogP contribution in [-0.2, 0) is 19.1 Å². The Labute approximate surface area is 150 Å². The summed E-state index contributed by atoms with van der Waals surface area (Å²) in [6.07, 6.45) is 7.81. The van der Waals surface area contributed by atoms with Gasteiger partial charge < -0.3 is 19.7 Å². The van der Waals surface area contributed by atoms with Gasteiger partial charge in [0.15, 0.2) is 5.60 Å². The Morgan fingerprint density at radius 3 is 2.44 bits per heavy atom. The zero-order chi connectivity index (χ0) is 18.9. The Bertz CT molecular complexity index is 477. The van der Waals surface area contributed by atoms with E-state index in [1.54, 1.807) is 20.8 Å². The van der Waals surface area contributed by atoms with Crippen molar-refractivity contribution in [1.82, 2.24) is 0 Å². The van der Waals surface area contributed by atoms with Gasteiger partial charge in [-0.1, -0.05) is 25.3 Å². The number of allylic oxidation sites excluding steroid dienone is 1. The molecular weight excluding hydrogens is 324 g/mol.